The lowest BCUT2D eigenvalue weighted by atomic mass is 9.86. The van der Waals surface area contributed by atoms with Crippen LogP contribution < -0.4 is 4.90 Å². The van der Waals surface area contributed by atoms with E-state index >= 15 is 0 Å². The Balaban J connectivity index is 1.16. The van der Waals surface area contributed by atoms with Gasteiger partial charge in [0.1, 0.15) is 11.2 Å². The molecule has 52 heavy (non-hydrogen) atoms. The van der Waals surface area contributed by atoms with E-state index in [1.807, 2.05) is 12.1 Å². The summed E-state index contributed by atoms with van der Waals surface area (Å²) >= 11 is 0. The Morgan fingerprint density at radius 3 is 1.83 bits per heavy atom. The monoisotopic (exact) mass is 672 g/mol. The number of fused-ring (bicyclic) bond motifs is 8. The van der Waals surface area contributed by atoms with Gasteiger partial charge >= 0.3 is 0 Å². The Morgan fingerprint density at radius 1 is 0.481 bits per heavy atom. The van der Waals surface area contributed by atoms with Crippen LogP contribution in [0.2, 0.25) is 0 Å². The molecule has 4 nitrogen and oxygen atoms in total. The van der Waals surface area contributed by atoms with Crippen LogP contribution in [-0.4, -0.2) is 4.57 Å². The molecule has 0 N–H and O–H groups in total. The highest BCUT2D eigenvalue weighted by atomic mass is 16.3. The van der Waals surface area contributed by atoms with E-state index in [1.54, 1.807) is 0 Å². The average molecular weight is 673 g/mol. The van der Waals surface area contributed by atoms with E-state index in [9.17, 15) is 0 Å². The summed E-state index contributed by atoms with van der Waals surface area (Å²) in [6, 6.07) is 57.9. The zero-order chi connectivity index (χ0) is 35.0. The Morgan fingerprint density at radius 2 is 1.08 bits per heavy atom. The van der Waals surface area contributed by atoms with Gasteiger partial charge in [-0.3, -0.25) is 4.57 Å². The van der Waals surface area contributed by atoms with Gasteiger partial charge in [-0.2, -0.15) is 0 Å². The molecular formula is C48H36N2O2. The smallest absolute Gasteiger partial charge is 0.213 e. The number of hydrogen-bond donors (Lipinski definition) is 0. The van der Waals surface area contributed by atoms with Crippen molar-refractivity contribution in [3.8, 4) is 16.8 Å². The Labute approximate surface area is 301 Å². The first kappa shape index (κ1) is 30.3. The topological polar surface area (TPSA) is 34.5 Å². The minimum absolute atomic E-state index is 0.0652. The van der Waals surface area contributed by atoms with Gasteiger partial charge in [-0.1, -0.05) is 130 Å². The van der Waals surface area contributed by atoms with Crippen LogP contribution in [0.3, 0.4) is 0 Å². The standard InChI is InChI=1S/C48H36N2O2/c1-48(2,3)40-19-11-17-36-37-18-12-21-42(46(37)52-45(36)40)49(33-25-23-32(24-26-33)31-13-5-4-6-14-31)34-27-29-35(30-28-34)50-41-20-9-7-15-38(41)44-39-16-8-10-22-43(39)51-47(44)50/h4-30H,1-3H3. The number of benzene rings is 7. The molecule has 3 heterocycles. The van der Waals surface area contributed by atoms with Crippen molar-refractivity contribution in [3.05, 3.63) is 169 Å². The predicted molar refractivity (Wildman–Crippen MR) is 217 cm³/mol. The fourth-order valence-corrected chi connectivity index (χ4v) is 7.88. The molecule has 3 aromatic heterocycles. The summed E-state index contributed by atoms with van der Waals surface area (Å²) in [5.74, 6) is 0. The molecule has 0 spiro atoms. The second kappa shape index (κ2) is 11.5. The number of anilines is 3. The predicted octanol–water partition coefficient (Wildman–Crippen LogP) is 13.9. The van der Waals surface area contributed by atoms with Crippen molar-refractivity contribution >= 4 is 72.0 Å². The van der Waals surface area contributed by atoms with Crippen molar-refractivity contribution in [2.45, 2.75) is 26.2 Å². The molecule has 0 atom stereocenters. The normalized spacial score (nSPS) is 12.1. The maximum atomic E-state index is 6.91. The molecule has 0 bridgehead atoms. The summed E-state index contributed by atoms with van der Waals surface area (Å²) in [4.78, 5) is 2.31. The van der Waals surface area contributed by atoms with E-state index in [0.717, 1.165) is 72.3 Å². The number of aromatic nitrogens is 1. The lowest BCUT2D eigenvalue weighted by molar-refractivity contribution is 0.573. The van der Waals surface area contributed by atoms with Gasteiger partial charge < -0.3 is 13.7 Å². The van der Waals surface area contributed by atoms with Crippen molar-refractivity contribution in [2.75, 3.05) is 4.90 Å². The molecule has 0 amide bonds. The minimum Gasteiger partial charge on any atom is -0.454 e. The molecule has 0 unspecified atom stereocenters. The zero-order valence-corrected chi connectivity index (χ0v) is 29.3. The van der Waals surface area contributed by atoms with Crippen LogP contribution in [0.4, 0.5) is 17.1 Å². The second-order valence-corrected chi connectivity index (χ2v) is 14.6. The number of furan rings is 2. The highest BCUT2D eigenvalue weighted by Gasteiger charge is 2.24. The molecular weight excluding hydrogens is 637 g/mol. The molecule has 0 saturated heterocycles. The highest BCUT2D eigenvalue weighted by Crippen LogP contribution is 2.45. The van der Waals surface area contributed by atoms with Crippen molar-refractivity contribution in [3.63, 3.8) is 0 Å². The van der Waals surface area contributed by atoms with Gasteiger partial charge in [0, 0.05) is 44.2 Å². The molecule has 7 aromatic carbocycles. The lowest BCUT2D eigenvalue weighted by Gasteiger charge is -2.26. The van der Waals surface area contributed by atoms with Crippen LogP contribution in [0, 0.1) is 0 Å². The molecule has 0 radical (unpaired) electrons. The zero-order valence-electron chi connectivity index (χ0n) is 29.3. The van der Waals surface area contributed by atoms with Crippen LogP contribution in [0.15, 0.2) is 173 Å². The summed E-state index contributed by atoms with van der Waals surface area (Å²) in [6.07, 6.45) is 0. The Kier molecular flexibility index (Phi) is 6.71. The molecule has 0 aliphatic carbocycles. The van der Waals surface area contributed by atoms with E-state index in [1.165, 1.54) is 22.1 Å². The van der Waals surface area contributed by atoms with Gasteiger partial charge in [-0.25, -0.2) is 0 Å². The van der Waals surface area contributed by atoms with E-state index < -0.39 is 0 Å². The van der Waals surface area contributed by atoms with Gasteiger partial charge in [-0.15, -0.1) is 0 Å². The number of nitrogens with zero attached hydrogens (tertiary/aromatic N) is 2. The maximum absolute atomic E-state index is 6.91. The highest BCUT2D eigenvalue weighted by molar-refractivity contribution is 6.20. The van der Waals surface area contributed by atoms with Crippen LogP contribution >= 0.6 is 0 Å². The molecule has 250 valence electrons. The third-order valence-corrected chi connectivity index (χ3v) is 10.3. The van der Waals surface area contributed by atoms with E-state index in [2.05, 4.69) is 182 Å². The van der Waals surface area contributed by atoms with Gasteiger partial charge in [-0.05, 0) is 71.1 Å². The summed E-state index contributed by atoms with van der Waals surface area (Å²) < 4.78 is 15.7. The maximum Gasteiger partial charge on any atom is 0.213 e. The molecule has 0 aliphatic rings. The third kappa shape index (κ3) is 4.68. The Bertz CT molecular complexity index is 2920. The van der Waals surface area contributed by atoms with E-state index in [0.29, 0.717) is 0 Å². The Hall–Kier alpha value is -6.52. The second-order valence-electron chi connectivity index (χ2n) is 14.6. The number of para-hydroxylation sites is 4. The molecule has 10 aromatic rings. The fraction of sp³-hybridized carbons (Fsp3) is 0.0833. The van der Waals surface area contributed by atoms with Crippen molar-refractivity contribution < 1.29 is 8.83 Å². The average Bonchev–Trinajstić information content (AvgIpc) is 3.85. The first-order chi connectivity index (χ1) is 25.4. The number of rotatable bonds is 5. The van der Waals surface area contributed by atoms with Gasteiger partial charge in [0.25, 0.3) is 0 Å². The molecule has 0 saturated carbocycles. The molecule has 4 heteroatoms. The van der Waals surface area contributed by atoms with Crippen LogP contribution in [0.5, 0.6) is 0 Å². The van der Waals surface area contributed by atoms with Gasteiger partial charge in [0.05, 0.1) is 16.6 Å². The van der Waals surface area contributed by atoms with Crippen molar-refractivity contribution in [1.29, 1.82) is 0 Å². The quantitative estimate of drug-likeness (QED) is 0.182. The third-order valence-electron chi connectivity index (χ3n) is 10.3. The first-order valence-corrected chi connectivity index (χ1v) is 17.9. The van der Waals surface area contributed by atoms with Crippen LogP contribution in [0.25, 0.3) is 71.7 Å². The summed E-state index contributed by atoms with van der Waals surface area (Å²) in [7, 11) is 0. The summed E-state index contributed by atoms with van der Waals surface area (Å²) in [5, 5.41) is 5.68. The van der Waals surface area contributed by atoms with E-state index in [4.69, 9.17) is 8.83 Å². The minimum atomic E-state index is -0.0652. The molecule has 10 rings (SSSR count). The van der Waals surface area contributed by atoms with Crippen molar-refractivity contribution in [2.24, 2.45) is 0 Å². The van der Waals surface area contributed by atoms with Crippen LogP contribution in [-0.2, 0) is 5.41 Å². The van der Waals surface area contributed by atoms with Gasteiger partial charge in [0.2, 0.25) is 5.71 Å². The van der Waals surface area contributed by atoms with Gasteiger partial charge in [0.15, 0.2) is 5.58 Å². The SMILES string of the molecule is CC(C)(C)c1cccc2c1oc1c(N(c3ccc(-c4ccccc4)cc3)c3ccc(-n4c5ccccc5c5c6ccccc6oc54)cc3)cccc12. The molecule has 0 aliphatic heterocycles. The lowest BCUT2D eigenvalue weighted by Crippen LogP contribution is -2.11. The van der Waals surface area contributed by atoms with Crippen molar-refractivity contribution in [1.82, 2.24) is 4.57 Å². The summed E-state index contributed by atoms with van der Waals surface area (Å²) in [5.41, 5.74) is 12.3. The summed E-state index contributed by atoms with van der Waals surface area (Å²) in [6.45, 7) is 6.72. The fourth-order valence-electron chi connectivity index (χ4n) is 7.88. The van der Waals surface area contributed by atoms with E-state index in [-0.39, 0.29) is 5.41 Å². The molecule has 0 fully saturated rings. The largest absolute Gasteiger partial charge is 0.454 e. The first-order valence-electron chi connectivity index (χ1n) is 17.9. The van der Waals surface area contributed by atoms with Crippen LogP contribution in [0.1, 0.15) is 26.3 Å². The number of hydrogen-bond acceptors (Lipinski definition) is 3.